The van der Waals surface area contributed by atoms with Gasteiger partial charge < -0.3 is 11.1 Å². The van der Waals surface area contributed by atoms with Crippen molar-refractivity contribution >= 4 is 22.4 Å². The van der Waals surface area contributed by atoms with Gasteiger partial charge in [-0.05, 0) is 13.0 Å². The highest BCUT2D eigenvalue weighted by atomic mass is 32.1. The van der Waals surface area contributed by atoms with Crippen LogP contribution in [-0.4, -0.2) is 17.4 Å². The van der Waals surface area contributed by atoms with E-state index in [1.807, 2.05) is 31.2 Å². The van der Waals surface area contributed by atoms with Crippen molar-refractivity contribution in [2.75, 3.05) is 11.9 Å². The standard InChI is InChI=1S/C13H14FN3OS/c1-8-3-2-4-9(5-8)12-10(6-14)19-13(17-12)16-11(18)7-15/h2-5H,6-7,15H2,1H3,(H,16,17,18). The minimum Gasteiger partial charge on any atom is -0.322 e. The van der Waals surface area contributed by atoms with Crippen LogP contribution in [0.5, 0.6) is 0 Å². The molecule has 19 heavy (non-hydrogen) atoms. The van der Waals surface area contributed by atoms with E-state index in [-0.39, 0.29) is 12.5 Å². The smallest absolute Gasteiger partial charge is 0.239 e. The molecule has 0 radical (unpaired) electrons. The minimum absolute atomic E-state index is 0.121. The molecule has 6 heteroatoms. The summed E-state index contributed by atoms with van der Waals surface area (Å²) in [4.78, 5) is 16.0. The van der Waals surface area contributed by atoms with Crippen LogP contribution in [0.15, 0.2) is 24.3 Å². The minimum atomic E-state index is -0.612. The molecule has 0 bridgehead atoms. The van der Waals surface area contributed by atoms with E-state index >= 15 is 0 Å². The Morgan fingerprint density at radius 3 is 2.95 bits per heavy atom. The van der Waals surface area contributed by atoms with Crippen LogP contribution in [0.3, 0.4) is 0 Å². The number of thiazole rings is 1. The average Bonchev–Trinajstić information content (AvgIpc) is 2.81. The highest BCUT2D eigenvalue weighted by molar-refractivity contribution is 7.16. The maximum Gasteiger partial charge on any atom is 0.239 e. The Kier molecular flexibility index (Phi) is 4.24. The summed E-state index contributed by atoms with van der Waals surface area (Å²) < 4.78 is 13.0. The van der Waals surface area contributed by atoms with Crippen LogP contribution in [0, 0.1) is 6.92 Å². The summed E-state index contributed by atoms with van der Waals surface area (Å²) in [5, 5.41) is 2.92. The lowest BCUT2D eigenvalue weighted by molar-refractivity contribution is -0.114. The number of nitrogens with two attached hydrogens (primary N) is 1. The second kappa shape index (κ2) is 5.90. The molecule has 0 aliphatic rings. The first-order chi connectivity index (χ1) is 9.13. The van der Waals surface area contributed by atoms with Gasteiger partial charge in [-0.3, -0.25) is 4.79 Å². The van der Waals surface area contributed by atoms with E-state index in [1.54, 1.807) is 0 Å². The van der Waals surface area contributed by atoms with Gasteiger partial charge in [-0.25, -0.2) is 9.37 Å². The Balaban J connectivity index is 2.37. The number of aromatic nitrogens is 1. The second-order valence-electron chi connectivity index (χ2n) is 4.05. The number of hydrogen-bond donors (Lipinski definition) is 2. The maximum absolute atomic E-state index is 13.0. The zero-order valence-corrected chi connectivity index (χ0v) is 11.3. The number of rotatable bonds is 4. The predicted octanol–water partition coefficient (Wildman–Crippen LogP) is 2.49. The highest BCUT2D eigenvalue weighted by Crippen LogP contribution is 2.32. The van der Waals surface area contributed by atoms with Crippen LogP contribution in [0.25, 0.3) is 11.3 Å². The van der Waals surface area contributed by atoms with E-state index in [0.29, 0.717) is 15.7 Å². The fourth-order valence-corrected chi connectivity index (χ4v) is 2.53. The number of nitrogens with zero attached hydrogens (tertiary/aromatic N) is 1. The van der Waals surface area contributed by atoms with Crippen LogP contribution in [0.1, 0.15) is 10.4 Å². The summed E-state index contributed by atoms with van der Waals surface area (Å²) in [5.41, 5.74) is 7.71. The molecule has 1 amide bonds. The van der Waals surface area contributed by atoms with Crippen LogP contribution in [-0.2, 0) is 11.5 Å². The summed E-state index contributed by atoms with van der Waals surface area (Å²) in [6.07, 6.45) is 0. The lowest BCUT2D eigenvalue weighted by Gasteiger charge is -2.00. The topological polar surface area (TPSA) is 68.0 Å². The summed E-state index contributed by atoms with van der Waals surface area (Å²) in [7, 11) is 0. The number of nitrogens with one attached hydrogen (secondary N) is 1. The van der Waals surface area contributed by atoms with E-state index < -0.39 is 6.67 Å². The van der Waals surface area contributed by atoms with Crippen molar-refractivity contribution < 1.29 is 9.18 Å². The number of carbonyl (C=O) groups is 1. The number of carbonyl (C=O) groups excluding carboxylic acids is 1. The number of halogens is 1. The molecule has 0 saturated heterocycles. The van der Waals surface area contributed by atoms with Gasteiger partial charge in [0.1, 0.15) is 6.67 Å². The first kappa shape index (κ1) is 13.6. The van der Waals surface area contributed by atoms with E-state index in [9.17, 15) is 9.18 Å². The van der Waals surface area contributed by atoms with Crippen molar-refractivity contribution in [1.29, 1.82) is 0 Å². The number of benzene rings is 1. The van der Waals surface area contributed by atoms with Crippen molar-refractivity contribution in [2.45, 2.75) is 13.6 Å². The molecule has 2 rings (SSSR count). The molecule has 2 aromatic rings. The maximum atomic E-state index is 13.0. The van der Waals surface area contributed by atoms with Crippen LogP contribution in [0.4, 0.5) is 9.52 Å². The molecule has 0 atom stereocenters. The number of alkyl halides is 1. The van der Waals surface area contributed by atoms with Crippen molar-refractivity contribution in [3.8, 4) is 11.3 Å². The van der Waals surface area contributed by atoms with Gasteiger partial charge in [0.2, 0.25) is 5.91 Å². The average molecular weight is 279 g/mol. The third kappa shape index (κ3) is 3.15. The van der Waals surface area contributed by atoms with Gasteiger partial charge in [-0.15, -0.1) is 0 Å². The molecule has 1 heterocycles. The summed E-state index contributed by atoms with van der Waals surface area (Å²) in [6.45, 7) is 1.23. The molecule has 3 N–H and O–H groups in total. The molecule has 0 aliphatic heterocycles. The molecule has 0 fully saturated rings. The van der Waals surface area contributed by atoms with Crippen LogP contribution in [0.2, 0.25) is 0 Å². The Morgan fingerprint density at radius 1 is 1.53 bits per heavy atom. The lowest BCUT2D eigenvalue weighted by Crippen LogP contribution is -2.21. The summed E-state index contributed by atoms with van der Waals surface area (Å²) in [6, 6.07) is 7.66. The van der Waals surface area contributed by atoms with E-state index in [4.69, 9.17) is 5.73 Å². The van der Waals surface area contributed by atoms with Gasteiger partial charge in [0.25, 0.3) is 0 Å². The largest absolute Gasteiger partial charge is 0.322 e. The van der Waals surface area contributed by atoms with Gasteiger partial charge in [-0.2, -0.15) is 0 Å². The number of hydrogen-bond acceptors (Lipinski definition) is 4. The van der Waals surface area contributed by atoms with Gasteiger partial charge in [0.15, 0.2) is 5.13 Å². The fraction of sp³-hybridized carbons (Fsp3) is 0.231. The molecule has 0 saturated carbocycles. The first-order valence-corrected chi connectivity index (χ1v) is 6.58. The zero-order valence-electron chi connectivity index (χ0n) is 10.4. The lowest BCUT2D eigenvalue weighted by atomic mass is 10.1. The molecule has 1 aromatic heterocycles. The van der Waals surface area contributed by atoms with Crippen LogP contribution >= 0.6 is 11.3 Å². The van der Waals surface area contributed by atoms with Gasteiger partial charge in [-0.1, -0.05) is 35.1 Å². The molecule has 4 nitrogen and oxygen atoms in total. The normalized spacial score (nSPS) is 10.5. The third-order valence-electron chi connectivity index (χ3n) is 2.54. The van der Waals surface area contributed by atoms with Crippen molar-refractivity contribution in [3.63, 3.8) is 0 Å². The van der Waals surface area contributed by atoms with Gasteiger partial charge in [0.05, 0.1) is 17.1 Å². The van der Waals surface area contributed by atoms with Crippen molar-refractivity contribution in [3.05, 3.63) is 34.7 Å². The Hall–Kier alpha value is -1.79. The summed E-state index contributed by atoms with van der Waals surface area (Å²) in [5.74, 6) is -0.338. The van der Waals surface area contributed by atoms with Gasteiger partial charge in [0, 0.05) is 5.56 Å². The number of amides is 1. The third-order valence-corrected chi connectivity index (χ3v) is 3.48. The molecule has 100 valence electrons. The van der Waals surface area contributed by atoms with Crippen LogP contribution < -0.4 is 11.1 Å². The van der Waals surface area contributed by atoms with Gasteiger partial charge >= 0.3 is 0 Å². The number of anilines is 1. The second-order valence-corrected chi connectivity index (χ2v) is 5.13. The van der Waals surface area contributed by atoms with Crippen molar-refractivity contribution in [1.82, 2.24) is 4.98 Å². The van der Waals surface area contributed by atoms with E-state index in [1.165, 1.54) is 0 Å². The number of aryl methyl sites for hydroxylation is 1. The molecular weight excluding hydrogens is 265 g/mol. The van der Waals surface area contributed by atoms with E-state index in [0.717, 1.165) is 22.5 Å². The molecular formula is C13H14FN3OS. The highest BCUT2D eigenvalue weighted by Gasteiger charge is 2.14. The Labute approximate surface area is 114 Å². The Bertz CT molecular complexity index is 597. The Morgan fingerprint density at radius 2 is 2.32 bits per heavy atom. The predicted molar refractivity (Wildman–Crippen MR) is 74.8 cm³/mol. The molecule has 0 unspecified atom stereocenters. The molecule has 1 aromatic carbocycles. The first-order valence-electron chi connectivity index (χ1n) is 5.76. The molecule has 0 spiro atoms. The van der Waals surface area contributed by atoms with Crippen molar-refractivity contribution in [2.24, 2.45) is 5.73 Å². The monoisotopic (exact) mass is 279 g/mol. The molecule has 0 aliphatic carbocycles. The summed E-state index contributed by atoms with van der Waals surface area (Å²) >= 11 is 1.13. The quantitative estimate of drug-likeness (QED) is 0.903. The SMILES string of the molecule is Cc1cccc(-c2nc(NC(=O)CN)sc2CF)c1. The fourth-order valence-electron chi connectivity index (χ4n) is 1.68. The zero-order chi connectivity index (χ0) is 13.8. The van der Waals surface area contributed by atoms with E-state index in [2.05, 4.69) is 10.3 Å².